The second kappa shape index (κ2) is 3.46. The minimum Gasteiger partial charge on any atom is -0.456 e. The topological polar surface area (TPSA) is 63.6 Å². The molecule has 0 aromatic carbocycles. The fraction of sp³-hybridized carbons (Fsp3) is 0.778. The van der Waals surface area contributed by atoms with Crippen LogP contribution >= 0.6 is 0 Å². The molecule has 1 rings (SSSR count). The van der Waals surface area contributed by atoms with Crippen LogP contribution in [0.3, 0.4) is 0 Å². The Bertz CT molecular complexity index is 226. The molecule has 0 unspecified atom stereocenters. The molecule has 0 spiro atoms. The molecule has 0 saturated carbocycles. The van der Waals surface area contributed by atoms with Crippen LogP contribution in [-0.4, -0.2) is 29.1 Å². The molecule has 0 aromatic rings. The molecule has 4 nitrogen and oxygen atoms in total. The van der Waals surface area contributed by atoms with Gasteiger partial charge in [0.2, 0.25) is 0 Å². The van der Waals surface area contributed by atoms with Crippen LogP contribution in [0, 0.1) is 5.92 Å². The van der Waals surface area contributed by atoms with Crippen molar-refractivity contribution in [3.05, 3.63) is 0 Å². The average molecular weight is 186 g/mol. The van der Waals surface area contributed by atoms with Crippen molar-refractivity contribution in [2.45, 2.75) is 38.4 Å². The summed E-state index contributed by atoms with van der Waals surface area (Å²) in [5.74, 6) is -0.877. The Hall–Kier alpha value is -0.900. The third-order valence-corrected chi connectivity index (χ3v) is 2.56. The Morgan fingerprint density at radius 1 is 1.69 bits per heavy atom. The van der Waals surface area contributed by atoms with Crippen LogP contribution in [0.15, 0.2) is 0 Å². The predicted molar refractivity (Wildman–Crippen MR) is 45.0 cm³/mol. The first-order chi connectivity index (χ1) is 6.01. The largest absolute Gasteiger partial charge is 0.456 e. The molecular formula is C9H14O4. The molecule has 1 aliphatic heterocycles. The quantitative estimate of drug-likeness (QED) is 0.508. The van der Waals surface area contributed by atoms with Crippen LogP contribution in [-0.2, 0) is 14.3 Å². The fourth-order valence-corrected chi connectivity index (χ4v) is 1.59. The van der Waals surface area contributed by atoms with Gasteiger partial charge in [-0.2, -0.15) is 0 Å². The van der Waals surface area contributed by atoms with Crippen molar-refractivity contribution in [3.63, 3.8) is 0 Å². The van der Waals surface area contributed by atoms with Crippen molar-refractivity contribution in [3.8, 4) is 0 Å². The predicted octanol–water partition coefficient (Wildman–Crippen LogP) is 0.278. The summed E-state index contributed by atoms with van der Waals surface area (Å²) in [6.07, 6.45) is 0.635. The number of carbonyl (C=O) groups excluding carboxylic acids is 2. The molecule has 0 aliphatic carbocycles. The van der Waals surface area contributed by atoms with Crippen LogP contribution in [0.25, 0.3) is 0 Å². The van der Waals surface area contributed by atoms with E-state index in [-0.39, 0.29) is 5.97 Å². The molecule has 1 saturated heterocycles. The summed E-state index contributed by atoms with van der Waals surface area (Å²) in [7, 11) is 0. The van der Waals surface area contributed by atoms with Crippen LogP contribution in [0.1, 0.15) is 26.7 Å². The first-order valence-corrected chi connectivity index (χ1v) is 4.36. The summed E-state index contributed by atoms with van der Waals surface area (Å²) in [6.45, 7) is 3.28. The highest BCUT2D eigenvalue weighted by atomic mass is 16.6. The first-order valence-electron chi connectivity index (χ1n) is 4.36. The van der Waals surface area contributed by atoms with Gasteiger partial charge in [-0.25, -0.2) is 0 Å². The van der Waals surface area contributed by atoms with Crippen LogP contribution in [0.4, 0.5) is 0 Å². The second-order valence-electron chi connectivity index (χ2n) is 3.67. The molecule has 1 heterocycles. The molecule has 0 aromatic heterocycles. The number of cyclic esters (lactones) is 1. The maximum Gasteiger partial charge on any atom is 0.312 e. The van der Waals surface area contributed by atoms with Gasteiger partial charge >= 0.3 is 5.97 Å². The van der Waals surface area contributed by atoms with Gasteiger partial charge in [0.1, 0.15) is 18.0 Å². The van der Waals surface area contributed by atoms with E-state index in [1.807, 2.05) is 0 Å². The van der Waals surface area contributed by atoms with Crippen LogP contribution < -0.4 is 0 Å². The lowest BCUT2D eigenvalue weighted by atomic mass is 9.89. The molecule has 1 aliphatic rings. The van der Waals surface area contributed by atoms with Gasteiger partial charge in [0.25, 0.3) is 0 Å². The first kappa shape index (κ1) is 10.2. The Balaban J connectivity index is 2.69. The molecule has 0 radical (unpaired) electrons. The molecule has 0 bridgehead atoms. The zero-order chi connectivity index (χ0) is 10.1. The Kier molecular flexibility index (Phi) is 2.71. The molecule has 1 fully saturated rings. The van der Waals surface area contributed by atoms with E-state index in [1.165, 1.54) is 0 Å². The van der Waals surface area contributed by atoms with E-state index in [9.17, 15) is 14.7 Å². The monoisotopic (exact) mass is 186 g/mol. The van der Waals surface area contributed by atoms with E-state index in [0.29, 0.717) is 12.8 Å². The van der Waals surface area contributed by atoms with Gasteiger partial charge < -0.3 is 14.6 Å². The fourth-order valence-electron chi connectivity index (χ4n) is 1.59. The summed E-state index contributed by atoms with van der Waals surface area (Å²) >= 11 is 0. The zero-order valence-corrected chi connectivity index (χ0v) is 7.82. The van der Waals surface area contributed by atoms with Gasteiger partial charge in [0, 0.05) is 6.42 Å². The minimum atomic E-state index is -0.878. The Labute approximate surface area is 76.9 Å². The van der Waals surface area contributed by atoms with E-state index in [2.05, 4.69) is 0 Å². The highest BCUT2D eigenvalue weighted by Crippen LogP contribution is 2.34. The maximum atomic E-state index is 11.1. The van der Waals surface area contributed by atoms with Crippen LogP contribution in [0.5, 0.6) is 0 Å². The number of rotatable bonds is 3. The maximum absolute atomic E-state index is 11.1. The summed E-state index contributed by atoms with van der Waals surface area (Å²) in [4.78, 5) is 21.2. The molecular weight excluding hydrogens is 172 g/mol. The lowest BCUT2D eigenvalue weighted by Gasteiger charge is -2.25. The zero-order valence-electron chi connectivity index (χ0n) is 7.82. The average Bonchev–Trinajstić information content (AvgIpc) is 2.28. The third-order valence-electron chi connectivity index (χ3n) is 2.56. The number of hydrogen-bond acceptors (Lipinski definition) is 4. The van der Waals surface area contributed by atoms with Crippen molar-refractivity contribution in [1.82, 2.24) is 0 Å². The van der Waals surface area contributed by atoms with E-state index in [1.54, 1.807) is 13.8 Å². The van der Waals surface area contributed by atoms with Crippen molar-refractivity contribution >= 4 is 12.3 Å². The standard InChI is InChI=1S/C9H14O4/c1-6-7(11)9(2,4-3-5-10)13-8(6)12/h5-7,11H,3-4H2,1-2H3/t6-,7-,9+/m1/s1. The lowest BCUT2D eigenvalue weighted by molar-refractivity contribution is -0.151. The van der Waals surface area contributed by atoms with Crippen molar-refractivity contribution in [1.29, 1.82) is 0 Å². The number of aliphatic hydroxyl groups is 1. The SMILES string of the molecule is C[C@H]1C(=O)O[C@@](C)(CCC=O)[C@@H]1O. The number of ether oxygens (including phenoxy) is 1. The Morgan fingerprint density at radius 2 is 2.31 bits per heavy atom. The van der Waals surface area contributed by atoms with Gasteiger partial charge in [-0.15, -0.1) is 0 Å². The van der Waals surface area contributed by atoms with Crippen molar-refractivity contribution in [2.24, 2.45) is 5.92 Å². The minimum absolute atomic E-state index is 0.299. The van der Waals surface area contributed by atoms with Crippen molar-refractivity contribution in [2.75, 3.05) is 0 Å². The second-order valence-corrected chi connectivity index (χ2v) is 3.67. The van der Waals surface area contributed by atoms with Gasteiger partial charge in [0.15, 0.2) is 0 Å². The van der Waals surface area contributed by atoms with Gasteiger partial charge in [-0.3, -0.25) is 4.79 Å². The normalized spacial score (nSPS) is 38.8. The summed E-state index contributed by atoms with van der Waals surface area (Å²) in [6, 6.07) is 0. The lowest BCUT2D eigenvalue weighted by Crippen LogP contribution is -2.37. The summed E-state index contributed by atoms with van der Waals surface area (Å²) < 4.78 is 5.03. The van der Waals surface area contributed by atoms with Crippen LogP contribution in [0.2, 0.25) is 0 Å². The van der Waals surface area contributed by atoms with Gasteiger partial charge in [0.05, 0.1) is 5.92 Å². The van der Waals surface area contributed by atoms with E-state index in [4.69, 9.17) is 4.74 Å². The number of hydrogen-bond donors (Lipinski definition) is 1. The van der Waals surface area contributed by atoms with E-state index >= 15 is 0 Å². The molecule has 13 heavy (non-hydrogen) atoms. The third kappa shape index (κ3) is 1.72. The van der Waals surface area contributed by atoms with Crippen molar-refractivity contribution < 1.29 is 19.4 Å². The summed E-state index contributed by atoms with van der Waals surface area (Å²) in [5.41, 5.74) is -0.878. The number of aliphatic hydroxyl groups excluding tert-OH is 1. The molecule has 3 atom stereocenters. The number of esters is 1. The van der Waals surface area contributed by atoms with Gasteiger partial charge in [-0.05, 0) is 20.3 Å². The summed E-state index contributed by atoms with van der Waals surface area (Å²) in [5, 5.41) is 9.65. The molecule has 1 N–H and O–H groups in total. The number of carbonyl (C=O) groups is 2. The molecule has 4 heteroatoms. The van der Waals surface area contributed by atoms with Gasteiger partial charge in [-0.1, -0.05) is 0 Å². The Morgan fingerprint density at radius 3 is 2.69 bits per heavy atom. The highest BCUT2D eigenvalue weighted by molar-refractivity contribution is 5.76. The molecule has 74 valence electrons. The number of aldehydes is 1. The smallest absolute Gasteiger partial charge is 0.312 e. The van der Waals surface area contributed by atoms with E-state index < -0.39 is 17.6 Å². The highest BCUT2D eigenvalue weighted by Gasteiger charge is 2.49. The van der Waals surface area contributed by atoms with E-state index in [0.717, 1.165) is 6.29 Å². The molecule has 0 amide bonds.